The van der Waals surface area contributed by atoms with Crippen LogP contribution in [-0.2, 0) is 0 Å². The number of fused-ring (bicyclic) bond motifs is 1. The van der Waals surface area contributed by atoms with Crippen LogP contribution in [0.15, 0.2) is 39.3 Å². The van der Waals surface area contributed by atoms with Crippen molar-refractivity contribution < 1.29 is 0 Å². The van der Waals surface area contributed by atoms with E-state index in [2.05, 4.69) is 90.6 Å². The van der Waals surface area contributed by atoms with Crippen LogP contribution in [0.1, 0.15) is 5.56 Å². The number of aromatic amines is 1. The molecule has 0 spiro atoms. The van der Waals surface area contributed by atoms with Crippen molar-refractivity contribution in [3.8, 4) is 11.4 Å². The van der Waals surface area contributed by atoms with E-state index >= 15 is 0 Å². The van der Waals surface area contributed by atoms with Crippen molar-refractivity contribution in [2.75, 3.05) is 0 Å². The average Bonchev–Trinajstić information content (AvgIpc) is 2.76. The predicted octanol–water partition coefficient (Wildman–Crippen LogP) is 5.67. The minimum absolute atomic E-state index is 0.905. The Bertz CT molecular complexity index is 780. The minimum atomic E-state index is 0.905. The Kier molecular flexibility index (Phi) is 3.70. The van der Waals surface area contributed by atoms with E-state index in [1.807, 2.05) is 6.07 Å². The van der Waals surface area contributed by atoms with Crippen molar-refractivity contribution in [3.63, 3.8) is 0 Å². The number of H-pyrrole nitrogens is 1. The molecule has 0 fully saturated rings. The normalized spacial score (nSPS) is 11.2. The van der Waals surface area contributed by atoms with Gasteiger partial charge in [-0.2, -0.15) is 0 Å². The van der Waals surface area contributed by atoms with Gasteiger partial charge in [-0.25, -0.2) is 4.98 Å². The molecular weight excluding hydrogens is 483 g/mol. The third-order valence-corrected chi connectivity index (χ3v) is 4.82. The topological polar surface area (TPSA) is 28.7 Å². The third kappa shape index (κ3) is 2.60. The Balaban J connectivity index is 2.26. The maximum atomic E-state index is 4.72. The van der Waals surface area contributed by atoms with E-state index in [1.165, 1.54) is 3.57 Å². The lowest BCUT2D eigenvalue weighted by Gasteiger charge is -2.01. The van der Waals surface area contributed by atoms with Crippen LogP contribution in [0.4, 0.5) is 0 Å². The van der Waals surface area contributed by atoms with Crippen LogP contribution in [0.3, 0.4) is 0 Å². The van der Waals surface area contributed by atoms with Crippen LogP contribution in [-0.4, -0.2) is 9.97 Å². The molecule has 1 aromatic heterocycles. The SMILES string of the molecule is Cc1cc(Br)cc2[nH]c(-c3cc(Br)ccc3I)nc12. The first-order valence-corrected chi connectivity index (χ1v) is 8.32. The molecule has 0 unspecified atom stereocenters. The summed E-state index contributed by atoms with van der Waals surface area (Å²) in [5, 5.41) is 0. The summed E-state index contributed by atoms with van der Waals surface area (Å²) in [6.07, 6.45) is 0. The predicted molar refractivity (Wildman–Crippen MR) is 94.4 cm³/mol. The fourth-order valence-corrected chi connectivity index (χ4v) is 3.58. The minimum Gasteiger partial charge on any atom is -0.338 e. The molecule has 5 heteroatoms. The highest BCUT2D eigenvalue weighted by Gasteiger charge is 2.11. The van der Waals surface area contributed by atoms with Crippen LogP contribution >= 0.6 is 54.5 Å². The monoisotopic (exact) mass is 490 g/mol. The van der Waals surface area contributed by atoms with Crippen LogP contribution in [0, 0.1) is 10.5 Å². The smallest absolute Gasteiger partial charge is 0.139 e. The Hall–Kier alpha value is -0.400. The van der Waals surface area contributed by atoms with Crippen LogP contribution in [0.2, 0.25) is 0 Å². The highest BCUT2D eigenvalue weighted by molar-refractivity contribution is 14.1. The standard InChI is InChI=1S/C14H9Br2IN2/c1-7-4-9(16)6-12-13(7)19-14(18-12)10-5-8(15)2-3-11(10)17/h2-6H,1H3,(H,18,19). The lowest BCUT2D eigenvalue weighted by Crippen LogP contribution is -1.85. The molecule has 2 nitrogen and oxygen atoms in total. The molecule has 1 N–H and O–H groups in total. The van der Waals surface area contributed by atoms with Crippen LogP contribution < -0.4 is 0 Å². The zero-order chi connectivity index (χ0) is 13.6. The zero-order valence-electron chi connectivity index (χ0n) is 9.97. The van der Waals surface area contributed by atoms with Gasteiger partial charge in [-0.15, -0.1) is 0 Å². The van der Waals surface area contributed by atoms with Gasteiger partial charge in [-0.3, -0.25) is 0 Å². The Morgan fingerprint density at radius 1 is 1.11 bits per heavy atom. The number of nitrogens with one attached hydrogen (secondary N) is 1. The van der Waals surface area contributed by atoms with E-state index in [-0.39, 0.29) is 0 Å². The van der Waals surface area contributed by atoms with Gasteiger partial charge in [0.15, 0.2) is 0 Å². The van der Waals surface area contributed by atoms with Gasteiger partial charge in [-0.1, -0.05) is 31.9 Å². The Morgan fingerprint density at radius 2 is 1.89 bits per heavy atom. The summed E-state index contributed by atoms with van der Waals surface area (Å²) in [5.74, 6) is 0.905. The maximum Gasteiger partial charge on any atom is 0.139 e. The molecule has 0 radical (unpaired) electrons. The largest absolute Gasteiger partial charge is 0.338 e. The molecule has 2 aromatic carbocycles. The van der Waals surface area contributed by atoms with E-state index < -0.39 is 0 Å². The summed E-state index contributed by atoms with van der Waals surface area (Å²) in [7, 11) is 0. The summed E-state index contributed by atoms with van der Waals surface area (Å²) in [4.78, 5) is 8.12. The van der Waals surface area contributed by atoms with Crippen molar-refractivity contribution >= 4 is 65.5 Å². The molecule has 3 aromatic rings. The first kappa shape index (κ1) is 13.6. The molecule has 19 heavy (non-hydrogen) atoms. The second kappa shape index (κ2) is 5.18. The lowest BCUT2D eigenvalue weighted by atomic mass is 10.2. The van der Waals surface area contributed by atoms with Gasteiger partial charge < -0.3 is 4.98 Å². The highest BCUT2D eigenvalue weighted by atomic mass is 127. The molecule has 0 saturated heterocycles. The quantitative estimate of drug-likeness (QED) is 0.437. The lowest BCUT2D eigenvalue weighted by molar-refractivity contribution is 1.32. The van der Waals surface area contributed by atoms with Crippen molar-refractivity contribution in [2.45, 2.75) is 6.92 Å². The molecule has 0 amide bonds. The first-order chi connectivity index (χ1) is 9.04. The summed E-state index contributed by atoms with van der Waals surface area (Å²) in [6.45, 7) is 2.07. The summed E-state index contributed by atoms with van der Waals surface area (Å²) >= 11 is 9.36. The molecule has 0 atom stereocenters. The van der Waals surface area contributed by atoms with E-state index in [4.69, 9.17) is 4.98 Å². The van der Waals surface area contributed by atoms with Gasteiger partial charge in [-0.05, 0) is 65.4 Å². The van der Waals surface area contributed by atoms with Crippen molar-refractivity contribution in [3.05, 3.63) is 48.4 Å². The first-order valence-electron chi connectivity index (χ1n) is 5.66. The molecule has 0 saturated carbocycles. The number of rotatable bonds is 1. The summed E-state index contributed by atoms with van der Waals surface area (Å²) in [6, 6.07) is 10.3. The number of hydrogen-bond donors (Lipinski definition) is 1. The van der Waals surface area contributed by atoms with Crippen molar-refractivity contribution in [1.82, 2.24) is 9.97 Å². The molecule has 0 aliphatic carbocycles. The fourth-order valence-electron chi connectivity index (χ4n) is 2.05. The highest BCUT2D eigenvalue weighted by Crippen LogP contribution is 2.30. The van der Waals surface area contributed by atoms with Gasteiger partial charge in [0.2, 0.25) is 0 Å². The number of hydrogen-bond acceptors (Lipinski definition) is 1. The molecule has 96 valence electrons. The van der Waals surface area contributed by atoms with E-state index in [9.17, 15) is 0 Å². The number of halogens is 3. The number of benzene rings is 2. The molecule has 0 aliphatic heterocycles. The molecule has 1 heterocycles. The Labute approximate surface area is 141 Å². The molecular formula is C14H9Br2IN2. The number of aryl methyl sites for hydroxylation is 1. The fraction of sp³-hybridized carbons (Fsp3) is 0.0714. The van der Waals surface area contributed by atoms with Crippen LogP contribution in [0.5, 0.6) is 0 Å². The molecule has 0 bridgehead atoms. The average molecular weight is 492 g/mol. The van der Waals surface area contributed by atoms with Crippen molar-refractivity contribution in [2.24, 2.45) is 0 Å². The van der Waals surface area contributed by atoms with Gasteiger partial charge in [0.25, 0.3) is 0 Å². The van der Waals surface area contributed by atoms with Gasteiger partial charge in [0.05, 0.1) is 11.0 Å². The number of aromatic nitrogens is 2. The van der Waals surface area contributed by atoms with Gasteiger partial charge in [0, 0.05) is 18.1 Å². The zero-order valence-corrected chi connectivity index (χ0v) is 15.3. The van der Waals surface area contributed by atoms with Crippen LogP contribution in [0.25, 0.3) is 22.4 Å². The number of nitrogens with zero attached hydrogens (tertiary/aromatic N) is 1. The van der Waals surface area contributed by atoms with E-state index in [1.54, 1.807) is 0 Å². The number of imidazole rings is 1. The van der Waals surface area contributed by atoms with Gasteiger partial charge >= 0.3 is 0 Å². The Morgan fingerprint density at radius 3 is 2.68 bits per heavy atom. The molecule has 3 rings (SSSR count). The van der Waals surface area contributed by atoms with E-state index in [0.29, 0.717) is 0 Å². The second-order valence-corrected chi connectivity index (χ2v) is 7.32. The van der Waals surface area contributed by atoms with Crippen molar-refractivity contribution in [1.29, 1.82) is 0 Å². The summed E-state index contributed by atoms with van der Waals surface area (Å²) < 4.78 is 3.30. The third-order valence-electron chi connectivity index (χ3n) is 2.93. The second-order valence-electron chi connectivity index (χ2n) is 4.33. The van der Waals surface area contributed by atoms with E-state index in [0.717, 1.165) is 36.9 Å². The maximum absolute atomic E-state index is 4.72. The van der Waals surface area contributed by atoms with Gasteiger partial charge in [0.1, 0.15) is 5.82 Å². The summed E-state index contributed by atoms with van der Waals surface area (Å²) in [5.41, 5.74) is 4.35. The molecule has 0 aliphatic rings.